The van der Waals surface area contributed by atoms with E-state index in [0.29, 0.717) is 0 Å². The Bertz CT molecular complexity index is 352. The molecule has 0 radical (unpaired) electrons. The lowest BCUT2D eigenvalue weighted by molar-refractivity contribution is -0.149. The summed E-state index contributed by atoms with van der Waals surface area (Å²) in [5.74, 6) is -1.15. The predicted molar refractivity (Wildman–Crippen MR) is 59.6 cm³/mol. The second-order valence-corrected chi connectivity index (χ2v) is 3.54. The van der Waals surface area contributed by atoms with Crippen LogP contribution in [-0.4, -0.2) is 54.5 Å². The van der Waals surface area contributed by atoms with Crippen molar-refractivity contribution in [2.75, 3.05) is 26.9 Å². The van der Waals surface area contributed by atoms with Crippen LogP contribution in [0.25, 0.3) is 0 Å². The van der Waals surface area contributed by atoms with Gasteiger partial charge in [0.15, 0.2) is 5.54 Å². The molecule has 1 N–H and O–H groups in total. The summed E-state index contributed by atoms with van der Waals surface area (Å²) in [6.07, 6.45) is 3.76. The van der Waals surface area contributed by atoms with Crippen molar-refractivity contribution in [1.82, 2.24) is 4.90 Å². The highest BCUT2D eigenvalue weighted by Crippen LogP contribution is 2.25. The fourth-order valence-electron chi connectivity index (χ4n) is 1.65. The number of carbonyl (C=O) groups is 2. The van der Waals surface area contributed by atoms with Crippen LogP contribution in [0.4, 0.5) is 4.79 Å². The highest BCUT2D eigenvalue weighted by Gasteiger charge is 2.48. The molecule has 1 aliphatic rings. The van der Waals surface area contributed by atoms with Crippen LogP contribution in [0.5, 0.6) is 0 Å². The topological polar surface area (TPSA) is 76.1 Å². The number of hydrogen-bond donors (Lipinski definition) is 1. The van der Waals surface area contributed by atoms with E-state index < -0.39 is 17.6 Å². The van der Waals surface area contributed by atoms with Crippen LogP contribution in [0.3, 0.4) is 0 Å². The number of ether oxygens (including phenoxy) is 2. The maximum absolute atomic E-state index is 11.7. The molecule has 1 heterocycles. The fraction of sp³-hybridized carbons (Fsp3) is 0.455. The molecule has 0 aromatic carbocycles. The standard InChI is InChI=1S/C11H15NO5/c1-3-7-17-10(15)12-6-4-5-11(12,8-16-2)9(13)14/h3-5H,1,6-8H2,2H3,(H,13,14). The maximum Gasteiger partial charge on any atom is 0.411 e. The van der Waals surface area contributed by atoms with Crippen LogP contribution in [0.2, 0.25) is 0 Å². The molecular weight excluding hydrogens is 226 g/mol. The first-order valence-corrected chi connectivity index (χ1v) is 5.04. The Balaban J connectivity index is 2.87. The van der Waals surface area contributed by atoms with Gasteiger partial charge in [0.1, 0.15) is 6.61 Å². The van der Waals surface area contributed by atoms with E-state index in [2.05, 4.69) is 6.58 Å². The van der Waals surface area contributed by atoms with Crippen molar-refractivity contribution in [2.45, 2.75) is 5.54 Å². The first kappa shape index (κ1) is 13.2. The van der Waals surface area contributed by atoms with Crippen LogP contribution < -0.4 is 0 Å². The van der Waals surface area contributed by atoms with Gasteiger partial charge in [0.05, 0.1) is 6.61 Å². The van der Waals surface area contributed by atoms with Gasteiger partial charge >= 0.3 is 12.1 Å². The number of aliphatic carboxylic acids is 1. The molecule has 0 saturated heterocycles. The number of nitrogens with zero attached hydrogens (tertiary/aromatic N) is 1. The molecule has 1 unspecified atom stereocenters. The number of carboxylic acids is 1. The van der Waals surface area contributed by atoms with E-state index in [1.54, 1.807) is 6.08 Å². The number of rotatable bonds is 5. The number of hydrogen-bond acceptors (Lipinski definition) is 4. The Morgan fingerprint density at radius 1 is 1.65 bits per heavy atom. The van der Waals surface area contributed by atoms with Crippen molar-refractivity contribution >= 4 is 12.1 Å². The quantitative estimate of drug-likeness (QED) is 0.715. The van der Waals surface area contributed by atoms with Crippen LogP contribution in [-0.2, 0) is 14.3 Å². The summed E-state index contributed by atoms with van der Waals surface area (Å²) in [5, 5.41) is 9.24. The van der Waals surface area contributed by atoms with E-state index in [-0.39, 0.29) is 19.8 Å². The van der Waals surface area contributed by atoms with E-state index in [9.17, 15) is 14.7 Å². The van der Waals surface area contributed by atoms with Gasteiger partial charge in [-0.1, -0.05) is 18.7 Å². The number of carbonyl (C=O) groups excluding carboxylic acids is 1. The molecule has 17 heavy (non-hydrogen) atoms. The third-order valence-electron chi connectivity index (χ3n) is 2.44. The van der Waals surface area contributed by atoms with E-state index >= 15 is 0 Å². The van der Waals surface area contributed by atoms with Gasteiger partial charge in [-0.15, -0.1) is 0 Å². The second-order valence-electron chi connectivity index (χ2n) is 3.54. The van der Waals surface area contributed by atoms with Gasteiger partial charge in [-0.3, -0.25) is 4.90 Å². The smallest absolute Gasteiger partial charge is 0.411 e. The van der Waals surface area contributed by atoms with Crippen LogP contribution in [0, 0.1) is 0 Å². The molecule has 0 saturated carbocycles. The van der Waals surface area contributed by atoms with Gasteiger partial charge in [-0.2, -0.15) is 0 Å². The van der Waals surface area contributed by atoms with Crippen molar-refractivity contribution in [3.63, 3.8) is 0 Å². The van der Waals surface area contributed by atoms with Crippen molar-refractivity contribution in [3.8, 4) is 0 Å². The number of carboxylic acid groups (broad SMARTS) is 1. The van der Waals surface area contributed by atoms with Gasteiger partial charge in [0, 0.05) is 13.7 Å². The van der Waals surface area contributed by atoms with E-state index in [4.69, 9.17) is 9.47 Å². The van der Waals surface area contributed by atoms with Gasteiger partial charge in [0.2, 0.25) is 0 Å². The summed E-state index contributed by atoms with van der Waals surface area (Å²) in [5.41, 5.74) is -1.48. The average Bonchev–Trinajstić information content (AvgIpc) is 2.71. The molecule has 0 aromatic heterocycles. The van der Waals surface area contributed by atoms with Crippen molar-refractivity contribution in [2.24, 2.45) is 0 Å². The third kappa shape index (κ3) is 2.47. The molecule has 94 valence electrons. The molecule has 6 heteroatoms. The van der Waals surface area contributed by atoms with E-state index in [1.807, 2.05) is 0 Å². The number of methoxy groups -OCH3 is 1. The Morgan fingerprint density at radius 2 is 2.35 bits per heavy atom. The van der Waals surface area contributed by atoms with Gasteiger partial charge in [-0.25, -0.2) is 9.59 Å². The van der Waals surface area contributed by atoms with Crippen molar-refractivity contribution in [3.05, 3.63) is 24.8 Å². The lowest BCUT2D eigenvalue weighted by atomic mass is 10.0. The monoisotopic (exact) mass is 241 g/mol. The summed E-state index contributed by atoms with van der Waals surface area (Å²) >= 11 is 0. The van der Waals surface area contributed by atoms with Crippen LogP contribution >= 0.6 is 0 Å². The minimum atomic E-state index is -1.48. The molecule has 1 rings (SSSR count). The first-order valence-electron chi connectivity index (χ1n) is 5.04. The molecule has 0 aliphatic carbocycles. The zero-order valence-corrected chi connectivity index (χ0v) is 9.59. The Labute approximate surface area is 99.1 Å². The lowest BCUT2D eigenvalue weighted by Crippen LogP contribution is -2.56. The zero-order valence-electron chi connectivity index (χ0n) is 9.59. The zero-order chi connectivity index (χ0) is 12.9. The van der Waals surface area contributed by atoms with Crippen LogP contribution in [0.15, 0.2) is 24.8 Å². The summed E-state index contributed by atoms with van der Waals surface area (Å²) in [6.45, 7) is 3.52. The molecular formula is C11H15NO5. The van der Waals surface area contributed by atoms with E-state index in [1.165, 1.54) is 19.3 Å². The average molecular weight is 241 g/mol. The molecule has 1 aliphatic heterocycles. The first-order chi connectivity index (χ1) is 8.08. The second kappa shape index (κ2) is 5.49. The normalized spacial score (nSPS) is 22.5. The lowest BCUT2D eigenvalue weighted by Gasteiger charge is -2.32. The third-order valence-corrected chi connectivity index (χ3v) is 2.44. The molecule has 0 fully saturated rings. The molecule has 0 bridgehead atoms. The van der Waals surface area contributed by atoms with Gasteiger partial charge < -0.3 is 14.6 Å². The Morgan fingerprint density at radius 3 is 2.88 bits per heavy atom. The minimum absolute atomic E-state index is 0.0397. The summed E-state index contributed by atoms with van der Waals surface area (Å²) in [6, 6.07) is 0. The molecule has 0 spiro atoms. The SMILES string of the molecule is C=CCOC(=O)N1CC=CC1(COC)C(=O)O. The summed E-state index contributed by atoms with van der Waals surface area (Å²) in [7, 11) is 1.38. The Kier molecular flexibility index (Phi) is 4.28. The van der Waals surface area contributed by atoms with Crippen molar-refractivity contribution in [1.29, 1.82) is 0 Å². The summed E-state index contributed by atoms with van der Waals surface area (Å²) in [4.78, 5) is 24.1. The molecule has 6 nitrogen and oxygen atoms in total. The fourth-order valence-corrected chi connectivity index (χ4v) is 1.65. The van der Waals surface area contributed by atoms with Crippen molar-refractivity contribution < 1.29 is 24.2 Å². The molecule has 1 atom stereocenters. The largest absolute Gasteiger partial charge is 0.479 e. The minimum Gasteiger partial charge on any atom is -0.479 e. The molecule has 0 aromatic rings. The van der Waals surface area contributed by atoms with Gasteiger partial charge in [0.25, 0.3) is 0 Å². The maximum atomic E-state index is 11.7. The van der Waals surface area contributed by atoms with Crippen LogP contribution in [0.1, 0.15) is 0 Å². The summed E-state index contributed by atoms with van der Waals surface area (Å²) < 4.78 is 9.71. The van der Waals surface area contributed by atoms with E-state index in [0.717, 1.165) is 4.90 Å². The highest BCUT2D eigenvalue weighted by atomic mass is 16.6. The van der Waals surface area contributed by atoms with Gasteiger partial charge in [-0.05, 0) is 6.08 Å². The molecule has 1 amide bonds. The Hall–Kier alpha value is -1.82. The number of amides is 1. The highest BCUT2D eigenvalue weighted by molar-refractivity contribution is 5.88. The predicted octanol–water partition coefficient (Wildman–Crippen LogP) is 0.651.